The highest BCUT2D eigenvalue weighted by atomic mass is 15.2. The quantitative estimate of drug-likeness (QED) is 0.151. The molecule has 0 aliphatic heterocycles. The fraction of sp³-hybridized carbons (Fsp3) is 0. The van der Waals surface area contributed by atoms with Crippen LogP contribution in [0.3, 0.4) is 0 Å². The van der Waals surface area contributed by atoms with E-state index in [1.807, 2.05) is 66.7 Å². The van der Waals surface area contributed by atoms with Crippen LogP contribution < -0.4 is 0 Å². The molecule has 0 radical (unpaired) electrons. The average Bonchev–Trinajstić information content (AvgIpc) is 1.56. The molecule has 23 aromatic rings. The second-order valence-corrected chi connectivity index (χ2v) is 27.0. The molecule has 6 heterocycles. The van der Waals surface area contributed by atoms with Crippen molar-refractivity contribution in [1.82, 2.24) is 43.2 Å². The molecule has 0 amide bonds. The molecule has 482 valence electrons. The standard InChI is InChI=1S/C51H31N5.C44H26N4/c1-4-14-32(15-5-1)49-52-50(33-16-6-2-7-17-33)54-51(53-49)34-28-30-36(31-29-34)56-43-26-12-22-39-37-20-10-24-41-45(37)46-38(40-23-13-27-44(56)48(40)47(39)43)21-11-25-42(46)55(41)35-18-8-3-9-19-35;1-3-13-27(14-4-1)43-33-17-7-8-22-34(33)45-44(46-43)48-37-25-11-20-31-29-18-9-23-35-39(29)40-30(32-21-12-26-38(48)42(32)41(31)37)19-10-24-36(40)47(35)28-15-5-2-6-16-28/h1-31H;1-26H. The van der Waals surface area contributed by atoms with Crippen molar-refractivity contribution in [1.29, 1.82) is 0 Å². The van der Waals surface area contributed by atoms with Gasteiger partial charge >= 0.3 is 0 Å². The van der Waals surface area contributed by atoms with E-state index in [1.165, 1.54) is 119 Å². The third-order valence-electron chi connectivity index (χ3n) is 21.4. The highest BCUT2D eigenvalue weighted by Gasteiger charge is 2.27. The van der Waals surface area contributed by atoms with Crippen molar-refractivity contribution in [3.63, 3.8) is 0 Å². The molecule has 0 saturated carbocycles. The second kappa shape index (κ2) is 22.7. The minimum absolute atomic E-state index is 0.640. The molecule has 0 unspecified atom stereocenters. The van der Waals surface area contributed by atoms with E-state index in [9.17, 15) is 0 Å². The maximum Gasteiger partial charge on any atom is 0.235 e. The summed E-state index contributed by atoms with van der Waals surface area (Å²) in [4.78, 5) is 25.4. The summed E-state index contributed by atoms with van der Waals surface area (Å²) in [5.41, 5.74) is 18.5. The van der Waals surface area contributed by atoms with Crippen LogP contribution in [0.25, 0.3) is 210 Å². The number of fused-ring (bicyclic) bond motifs is 5. The van der Waals surface area contributed by atoms with Gasteiger partial charge in [-0.25, -0.2) is 24.9 Å². The summed E-state index contributed by atoms with van der Waals surface area (Å²) < 4.78 is 9.53. The van der Waals surface area contributed by atoms with Crippen LogP contribution in [0.4, 0.5) is 0 Å². The van der Waals surface area contributed by atoms with E-state index in [-0.39, 0.29) is 0 Å². The first kappa shape index (κ1) is 57.7. The van der Waals surface area contributed by atoms with Gasteiger partial charge in [-0.05, 0) is 146 Å². The number of para-hydroxylation sites is 3. The van der Waals surface area contributed by atoms with E-state index in [1.54, 1.807) is 0 Å². The maximum atomic E-state index is 5.34. The molecule has 0 N–H and O–H groups in total. The van der Waals surface area contributed by atoms with E-state index in [0.717, 1.165) is 66.9 Å². The molecule has 17 aromatic carbocycles. The highest BCUT2D eigenvalue weighted by molar-refractivity contribution is 6.39. The molecule has 23 rings (SSSR count). The van der Waals surface area contributed by atoms with E-state index in [4.69, 9.17) is 24.9 Å². The summed E-state index contributed by atoms with van der Waals surface area (Å²) in [6.07, 6.45) is 0. The van der Waals surface area contributed by atoms with Crippen molar-refractivity contribution in [2.24, 2.45) is 0 Å². The average molecular weight is 1320 g/mol. The number of aromatic nitrogens is 9. The van der Waals surface area contributed by atoms with E-state index in [0.29, 0.717) is 23.4 Å². The molecule has 0 fully saturated rings. The highest BCUT2D eigenvalue weighted by Crippen LogP contribution is 2.49. The monoisotopic (exact) mass is 1320 g/mol. The molecule has 0 atom stereocenters. The Labute approximate surface area is 595 Å². The van der Waals surface area contributed by atoms with Gasteiger partial charge in [0.1, 0.15) is 0 Å². The van der Waals surface area contributed by atoms with Crippen LogP contribution in [0.2, 0.25) is 0 Å². The van der Waals surface area contributed by atoms with Crippen LogP contribution in [0.15, 0.2) is 346 Å². The molecule has 0 saturated heterocycles. The predicted molar refractivity (Wildman–Crippen MR) is 431 cm³/mol. The maximum absolute atomic E-state index is 5.34. The lowest BCUT2D eigenvalue weighted by molar-refractivity contribution is 1.01. The minimum Gasteiger partial charge on any atom is -0.309 e. The number of rotatable bonds is 8. The number of nitrogens with zero attached hydrogens (tertiary/aromatic N) is 9. The van der Waals surface area contributed by atoms with Crippen molar-refractivity contribution >= 4 is 141 Å². The van der Waals surface area contributed by atoms with Crippen LogP contribution >= 0.6 is 0 Å². The zero-order valence-corrected chi connectivity index (χ0v) is 55.9. The van der Waals surface area contributed by atoms with E-state index in [2.05, 4.69) is 297 Å². The smallest absolute Gasteiger partial charge is 0.235 e. The Hall–Kier alpha value is -14.2. The summed E-state index contributed by atoms with van der Waals surface area (Å²) in [6.45, 7) is 0. The lowest BCUT2D eigenvalue weighted by Gasteiger charge is -2.11. The first-order valence-corrected chi connectivity index (χ1v) is 35.3. The lowest BCUT2D eigenvalue weighted by Crippen LogP contribution is -2.03. The first-order valence-electron chi connectivity index (χ1n) is 35.3. The van der Waals surface area contributed by atoms with Crippen molar-refractivity contribution < 1.29 is 0 Å². The summed E-state index contributed by atoms with van der Waals surface area (Å²) in [5, 5.41) is 21.1. The molecule has 6 aromatic heterocycles. The van der Waals surface area contributed by atoms with Crippen LogP contribution in [0.5, 0.6) is 0 Å². The molecule has 0 aliphatic carbocycles. The number of hydrogen-bond donors (Lipinski definition) is 0. The fourth-order valence-corrected chi connectivity index (χ4v) is 17.1. The Balaban J connectivity index is 0.000000132. The van der Waals surface area contributed by atoms with Crippen molar-refractivity contribution in [3.05, 3.63) is 346 Å². The van der Waals surface area contributed by atoms with Gasteiger partial charge < -0.3 is 13.7 Å². The summed E-state index contributed by atoms with van der Waals surface area (Å²) >= 11 is 0. The Morgan fingerprint density at radius 2 is 0.413 bits per heavy atom. The van der Waals surface area contributed by atoms with E-state index >= 15 is 0 Å². The van der Waals surface area contributed by atoms with Gasteiger partial charge in [0.15, 0.2) is 17.5 Å². The molecule has 0 aliphatic rings. The van der Waals surface area contributed by atoms with Crippen molar-refractivity contribution in [3.8, 4) is 68.4 Å². The van der Waals surface area contributed by atoms with Gasteiger partial charge in [0.25, 0.3) is 0 Å². The largest absolute Gasteiger partial charge is 0.309 e. The van der Waals surface area contributed by atoms with Crippen LogP contribution in [0.1, 0.15) is 0 Å². The Morgan fingerprint density at radius 1 is 0.163 bits per heavy atom. The van der Waals surface area contributed by atoms with Crippen LogP contribution in [0, 0.1) is 0 Å². The van der Waals surface area contributed by atoms with Crippen LogP contribution in [-0.4, -0.2) is 43.2 Å². The lowest BCUT2D eigenvalue weighted by atomic mass is 9.95. The zero-order valence-electron chi connectivity index (χ0n) is 55.9. The molecule has 9 nitrogen and oxygen atoms in total. The van der Waals surface area contributed by atoms with Gasteiger partial charge in [-0.15, -0.1) is 0 Å². The van der Waals surface area contributed by atoms with Crippen molar-refractivity contribution in [2.45, 2.75) is 0 Å². The third-order valence-corrected chi connectivity index (χ3v) is 21.4. The molecule has 104 heavy (non-hydrogen) atoms. The second-order valence-electron chi connectivity index (χ2n) is 27.0. The molecule has 9 heteroatoms. The van der Waals surface area contributed by atoms with Gasteiger partial charge in [-0.3, -0.25) is 4.57 Å². The Kier molecular flexibility index (Phi) is 12.6. The predicted octanol–water partition coefficient (Wildman–Crippen LogP) is 24.0. The summed E-state index contributed by atoms with van der Waals surface area (Å²) in [7, 11) is 0. The Morgan fingerprint density at radius 3 is 0.740 bits per heavy atom. The van der Waals surface area contributed by atoms with Gasteiger partial charge in [0, 0.05) is 87.8 Å². The normalized spacial score (nSPS) is 12.0. The molecular formula is C95H57N9. The minimum atomic E-state index is 0.640. The first-order chi connectivity index (χ1) is 51.6. The molecule has 0 bridgehead atoms. The van der Waals surface area contributed by atoms with Crippen molar-refractivity contribution in [2.75, 3.05) is 0 Å². The van der Waals surface area contributed by atoms with Gasteiger partial charge in [0.2, 0.25) is 5.95 Å². The van der Waals surface area contributed by atoms with Crippen LogP contribution in [-0.2, 0) is 0 Å². The topological polar surface area (TPSA) is 84.2 Å². The number of benzene rings is 15. The summed E-state index contributed by atoms with van der Waals surface area (Å²) in [5.74, 6) is 2.61. The van der Waals surface area contributed by atoms with E-state index < -0.39 is 0 Å². The van der Waals surface area contributed by atoms with Gasteiger partial charge in [0.05, 0.1) is 55.3 Å². The van der Waals surface area contributed by atoms with Gasteiger partial charge in [-0.1, -0.05) is 243 Å². The van der Waals surface area contributed by atoms with Gasteiger partial charge in [-0.2, -0.15) is 0 Å². The summed E-state index contributed by atoms with van der Waals surface area (Å²) in [6, 6.07) is 123. The molecule has 0 spiro atoms. The zero-order chi connectivity index (χ0) is 68.1. The SMILES string of the molecule is c1ccc(-c2nc(-c3ccccc3)nc(-c3ccc(-n4c5cccc6c7cccc8c7c7c(cccc7n8-c7ccccc7)c7cccc4c7c65)cc3)n2)cc1.c1ccc(-c2nc(-n3c4cccc5c6cccc7c6c6c(cccc6n7-c6ccccc6)c6cccc3c6c54)nc3ccccc23)cc1. The third kappa shape index (κ3) is 8.52. The molecular weight excluding hydrogens is 1270 g/mol. The Bertz CT molecular complexity index is 7060. The fourth-order valence-electron chi connectivity index (χ4n) is 17.1. The number of hydrogen-bond acceptors (Lipinski definition) is 5.